The second kappa shape index (κ2) is 5.90. The largest absolute Gasteiger partial charge is 0.442 e. The molecule has 1 fully saturated rings. The van der Waals surface area contributed by atoms with Crippen LogP contribution >= 0.6 is 0 Å². The number of carbonyl (C=O) groups excluding carboxylic acids is 3. The minimum Gasteiger partial charge on any atom is -0.442 e. The van der Waals surface area contributed by atoms with Crippen LogP contribution in [-0.4, -0.2) is 53.2 Å². The van der Waals surface area contributed by atoms with Crippen molar-refractivity contribution in [3.05, 3.63) is 35.9 Å². The van der Waals surface area contributed by atoms with Crippen molar-refractivity contribution in [2.45, 2.75) is 11.9 Å². The molecule has 2 atom stereocenters. The number of hydrogen-bond acceptors (Lipinski definition) is 8. The Kier molecular flexibility index (Phi) is 4.20. The van der Waals surface area contributed by atoms with Gasteiger partial charge in [-0.05, 0) is 12.1 Å². The number of benzene rings is 1. The molecule has 0 bridgehead atoms. The Balaban J connectivity index is 2.20. The molecule has 2 unspecified atom stereocenters. The van der Waals surface area contributed by atoms with Gasteiger partial charge < -0.3 is 24.4 Å². The fraction of sp³-hybridized carbons (Fsp3) is 0.308. The molecule has 21 heavy (non-hydrogen) atoms. The fourth-order valence-electron chi connectivity index (χ4n) is 1.62. The first-order valence-corrected chi connectivity index (χ1v) is 5.96. The second-order valence-corrected chi connectivity index (χ2v) is 4.16. The van der Waals surface area contributed by atoms with Gasteiger partial charge in [0.15, 0.2) is 0 Å². The molecule has 1 aromatic carbocycles. The fourth-order valence-corrected chi connectivity index (χ4v) is 1.62. The maximum absolute atomic E-state index is 11.9. The quantitative estimate of drug-likeness (QED) is 0.678. The summed E-state index contributed by atoms with van der Waals surface area (Å²) in [6.45, 7) is -1.88. The molecule has 112 valence electrons. The van der Waals surface area contributed by atoms with Crippen LogP contribution in [0.15, 0.2) is 30.3 Å². The smallest absolute Gasteiger partial charge is 0.396 e. The summed E-state index contributed by atoms with van der Waals surface area (Å²) < 4.78 is 14.1. The van der Waals surface area contributed by atoms with Gasteiger partial charge in [-0.3, -0.25) is 0 Å². The number of ether oxygens (including phenoxy) is 3. The van der Waals surface area contributed by atoms with Crippen molar-refractivity contribution in [3.63, 3.8) is 0 Å². The summed E-state index contributed by atoms with van der Waals surface area (Å²) in [5, 5.41) is 18.1. The number of hydrogen-bond donors (Lipinski definition) is 2. The van der Waals surface area contributed by atoms with Crippen LogP contribution in [0.4, 0.5) is 0 Å². The van der Waals surface area contributed by atoms with Crippen molar-refractivity contribution < 1.29 is 38.8 Å². The van der Waals surface area contributed by atoms with Crippen LogP contribution in [0.5, 0.6) is 0 Å². The van der Waals surface area contributed by atoms with Crippen LogP contribution in [0.25, 0.3) is 0 Å². The minimum atomic E-state index is -2.56. The van der Waals surface area contributed by atoms with Gasteiger partial charge in [0.2, 0.25) is 6.10 Å². The molecule has 1 aromatic rings. The second-order valence-electron chi connectivity index (χ2n) is 4.16. The zero-order valence-electron chi connectivity index (χ0n) is 10.7. The van der Waals surface area contributed by atoms with Crippen LogP contribution in [-0.2, 0) is 23.8 Å². The summed E-state index contributed by atoms with van der Waals surface area (Å²) in [5.41, 5.74) is 0.0958. The Morgan fingerprint density at radius 2 is 1.90 bits per heavy atom. The lowest BCUT2D eigenvalue weighted by atomic mass is 10.2. The van der Waals surface area contributed by atoms with Crippen molar-refractivity contribution in [2.24, 2.45) is 0 Å². The lowest BCUT2D eigenvalue weighted by Gasteiger charge is -2.34. The molecule has 8 heteroatoms. The summed E-state index contributed by atoms with van der Waals surface area (Å²) in [5.74, 6) is -5.92. The van der Waals surface area contributed by atoms with Gasteiger partial charge in [-0.2, -0.15) is 0 Å². The van der Waals surface area contributed by atoms with E-state index in [0.717, 1.165) is 0 Å². The van der Waals surface area contributed by atoms with Crippen molar-refractivity contribution >= 4 is 17.9 Å². The molecule has 8 nitrogen and oxygen atoms in total. The predicted molar refractivity (Wildman–Crippen MR) is 64.7 cm³/mol. The van der Waals surface area contributed by atoms with Gasteiger partial charge >= 0.3 is 23.7 Å². The van der Waals surface area contributed by atoms with Crippen molar-refractivity contribution in [2.75, 3.05) is 13.2 Å². The average molecular weight is 296 g/mol. The van der Waals surface area contributed by atoms with E-state index in [1.807, 2.05) is 0 Å². The molecule has 2 N–H and O–H groups in total. The van der Waals surface area contributed by atoms with Crippen molar-refractivity contribution in [3.8, 4) is 0 Å². The van der Waals surface area contributed by atoms with E-state index in [1.165, 1.54) is 12.1 Å². The third-order valence-corrected chi connectivity index (χ3v) is 2.73. The average Bonchev–Trinajstić information content (AvgIpc) is 2.51. The third-order valence-electron chi connectivity index (χ3n) is 2.73. The molecular formula is C13H12O8. The van der Waals surface area contributed by atoms with Gasteiger partial charge in [-0.25, -0.2) is 14.4 Å². The predicted octanol–water partition coefficient (Wildman–Crippen LogP) is -1.01. The summed E-state index contributed by atoms with van der Waals surface area (Å²) in [4.78, 5) is 35.2. The summed E-state index contributed by atoms with van der Waals surface area (Å²) in [7, 11) is 0. The first-order valence-electron chi connectivity index (χ1n) is 5.96. The molecule has 1 saturated heterocycles. The maximum atomic E-state index is 11.9. The lowest BCUT2D eigenvalue weighted by molar-refractivity contribution is -0.262. The zero-order valence-corrected chi connectivity index (χ0v) is 10.7. The third kappa shape index (κ3) is 2.86. The Labute approximate surface area is 118 Å². The van der Waals surface area contributed by atoms with Gasteiger partial charge in [-0.1, -0.05) is 18.2 Å². The Hall–Kier alpha value is -2.45. The number of aliphatic hydroxyl groups is 2. The van der Waals surface area contributed by atoms with Gasteiger partial charge in [0.25, 0.3) is 0 Å². The van der Waals surface area contributed by atoms with Gasteiger partial charge in [0.1, 0.15) is 6.61 Å². The molecule has 0 aromatic heterocycles. The lowest BCUT2D eigenvalue weighted by Crippen LogP contribution is -2.59. The van der Waals surface area contributed by atoms with E-state index in [2.05, 4.69) is 9.47 Å². The van der Waals surface area contributed by atoms with E-state index in [1.54, 1.807) is 18.2 Å². The van der Waals surface area contributed by atoms with Crippen molar-refractivity contribution in [1.82, 2.24) is 0 Å². The van der Waals surface area contributed by atoms with Crippen molar-refractivity contribution in [1.29, 1.82) is 0 Å². The minimum absolute atomic E-state index is 0.0958. The standard InChI is InChI=1S/C13H12O8/c14-6-9-11(17)21-13(7-15,12(18)19-9)20-10(16)8-4-2-1-3-5-8/h1-5,9,14-15H,6-7H2. The Morgan fingerprint density at radius 1 is 1.24 bits per heavy atom. The SMILES string of the molecule is O=C(OC1(CO)OC(=O)C(CO)OC1=O)c1ccccc1. The molecule has 0 radical (unpaired) electrons. The molecule has 0 saturated carbocycles. The number of aliphatic hydroxyl groups excluding tert-OH is 2. The van der Waals surface area contributed by atoms with Crippen LogP contribution in [0, 0.1) is 0 Å². The number of rotatable bonds is 4. The molecular weight excluding hydrogens is 284 g/mol. The highest BCUT2D eigenvalue weighted by Gasteiger charge is 2.54. The van der Waals surface area contributed by atoms with Gasteiger partial charge in [-0.15, -0.1) is 0 Å². The molecule has 2 rings (SSSR count). The highest BCUT2D eigenvalue weighted by Crippen LogP contribution is 2.24. The normalized spacial score (nSPS) is 25.0. The van der Waals surface area contributed by atoms with Gasteiger partial charge in [0.05, 0.1) is 12.2 Å². The first kappa shape index (κ1) is 14.9. The topological polar surface area (TPSA) is 119 Å². The molecule has 1 aliphatic rings. The van der Waals surface area contributed by atoms with E-state index in [0.29, 0.717) is 0 Å². The number of esters is 3. The van der Waals surface area contributed by atoms with E-state index in [9.17, 15) is 19.5 Å². The highest BCUT2D eigenvalue weighted by molar-refractivity contribution is 5.95. The molecule has 1 aliphatic heterocycles. The number of cyclic esters (lactones) is 2. The van der Waals surface area contributed by atoms with E-state index in [-0.39, 0.29) is 5.56 Å². The van der Waals surface area contributed by atoms with E-state index in [4.69, 9.17) is 9.84 Å². The van der Waals surface area contributed by atoms with Crippen LogP contribution in [0.3, 0.4) is 0 Å². The monoisotopic (exact) mass is 296 g/mol. The zero-order chi connectivity index (χ0) is 15.5. The first-order chi connectivity index (χ1) is 10.0. The number of carbonyl (C=O) groups is 3. The summed E-state index contributed by atoms with van der Waals surface area (Å²) >= 11 is 0. The summed E-state index contributed by atoms with van der Waals surface area (Å²) in [6, 6.07) is 7.63. The van der Waals surface area contributed by atoms with E-state index >= 15 is 0 Å². The molecule has 0 amide bonds. The van der Waals surface area contributed by atoms with Crippen LogP contribution in [0.1, 0.15) is 10.4 Å². The van der Waals surface area contributed by atoms with Crippen LogP contribution in [0.2, 0.25) is 0 Å². The molecule has 1 heterocycles. The summed E-state index contributed by atoms with van der Waals surface area (Å²) in [6.07, 6.45) is -1.51. The van der Waals surface area contributed by atoms with Gasteiger partial charge in [0, 0.05) is 0 Å². The maximum Gasteiger partial charge on any atom is 0.396 e. The highest BCUT2D eigenvalue weighted by atomic mass is 16.8. The Morgan fingerprint density at radius 3 is 2.48 bits per heavy atom. The Bertz CT molecular complexity index is 555. The van der Waals surface area contributed by atoms with Crippen LogP contribution < -0.4 is 0 Å². The molecule has 0 aliphatic carbocycles. The molecule has 0 spiro atoms. The van der Waals surface area contributed by atoms with E-state index < -0.39 is 43.0 Å².